The topological polar surface area (TPSA) is 86.9 Å². The van der Waals surface area contributed by atoms with Gasteiger partial charge in [-0.2, -0.15) is 0 Å². The number of carboxylic acid groups (broad SMARTS) is 1. The third-order valence-corrected chi connectivity index (χ3v) is 3.60. The summed E-state index contributed by atoms with van der Waals surface area (Å²) in [5, 5.41) is 21.7. The van der Waals surface area contributed by atoms with E-state index in [-0.39, 0.29) is 12.3 Å². The lowest BCUT2D eigenvalue weighted by atomic mass is 9.95. The molecule has 2 aromatic heterocycles. The number of fused-ring (bicyclic) bond motifs is 1. The number of nitrogens with zero attached hydrogens (tertiary/aromatic N) is 2. The smallest absolute Gasteiger partial charge is 0.356 e. The summed E-state index contributed by atoms with van der Waals surface area (Å²) < 4.78 is 1.54. The fourth-order valence-corrected chi connectivity index (χ4v) is 2.15. The summed E-state index contributed by atoms with van der Waals surface area (Å²) in [6, 6.07) is 5.33. The van der Waals surface area contributed by atoms with Gasteiger partial charge in [-0.15, -0.1) is 0 Å². The first-order valence-electron chi connectivity index (χ1n) is 6.60. The number of imidazole rings is 1. The van der Waals surface area contributed by atoms with Gasteiger partial charge in [-0.3, -0.25) is 4.40 Å². The van der Waals surface area contributed by atoms with Crippen molar-refractivity contribution in [1.82, 2.24) is 9.38 Å². The normalized spacial score (nSPS) is 14.2. The minimum absolute atomic E-state index is 0.0348. The van der Waals surface area contributed by atoms with E-state index in [1.165, 1.54) is 0 Å². The van der Waals surface area contributed by atoms with E-state index in [1.807, 2.05) is 19.9 Å². The van der Waals surface area contributed by atoms with Crippen LogP contribution in [0.5, 0.6) is 0 Å². The maximum atomic E-state index is 11.5. The second kappa shape index (κ2) is 5.50. The second-order valence-electron chi connectivity index (χ2n) is 5.06. The minimum atomic E-state index is -1.03. The molecule has 1 unspecified atom stereocenters. The predicted octanol–water partition coefficient (Wildman–Crippen LogP) is 2.00. The van der Waals surface area contributed by atoms with Crippen molar-refractivity contribution in [1.29, 1.82) is 0 Å². The van der Waals surface area contributed by atoms with Gasteiger partial charge in [-0.05, 0) is 31.9 Å². The Morgan fingerprint density at radius 3 is 2.85 bits per heavy atom. The van der Waals surface area contributed by atoms with Crippen LogP contribution in [0.4, 0.5) is 5.82 Å². The van der Waals surface area contributed by atoms with E-state index in [0.717, 1.165) is 6.42 Å². The zero-order chi connectivity index (χ0) is 14.8. The van der Waals surface area contributed by atoms with E-state index in [2.05, 4.69) is 10.3 Å². The zero-order valence-electron chi connectivity index (χ0n) is 11.6. The fourth-order valence-electron chi connectivity index (χ4n) is 2.15. The van der Waals surface area contributed by atoms with Gasteiger partial charge in [-0.25, -0.2) is 9.78 Å². The predicted molar refractivity (Wildman–Crippen MR) is 76.2 cm³/mol. The summed E-state index contributed by atoms with van der Waals surface area (Å²) in [4.78, 5) is 15.8. The summed E-state index contributed by atoms with van der Waals surface area (Å²) in [5.74, 6) is -0.699. The van der Waals surface area contributed by atoms with Gasteiger partial charge in [0.2, 0.25) is 0 Å². The molecule has 0 radical (unpaired) electrons. The molecule has 0 amide bonds. The van der Waals surface area contributed by atoms with Crippen LogP contribution < -0.4 is 5.32 Å². The largest absolute Gasteiger partial charge is 0.476 e. The van der Waals surface area contributed by atoms with Crippen LogP contribution in [0.3, 0.4) is 0 Å². The van der Waals surface area contributed by atoms with Crippen molar-refractivity contribution in [3.63, 3.8) is 0 Å². The molecule has 0 fully saturated rings. The molecule has 108 valence electrons. The molecule has 20 heavy (non-hydrogen) atoms. The molecule has 2 rings (SSSR count). The molecule has 1 atom stereocenters. The van der Waals surface area contributed by atoms with E-state index in [0.29, 0.717) is 17.9 Å². The molecule has 6 heteroatoms. The van der Waals surface area contributed by atoms with E-state index >= 15 is 0 Å². The van der Waals surface area contributed by atoms with Gasteiger partial charge in [0.05, 0.1) is 0 Å². The summed E-state index contributed by atoms with van der Waals surface area (Å²) in [6.45, 7) is 3.96. The number of nitrogens with one attached hydrogen (secondary N) is 1. The van der Waals surface area contributed by atoms with Crippen molar-refractivity contribution in [2.45, 2.75) is 32.2 Å². The second-order valence-corrected chi connectivity index (χ2v) is 5.06. The summed E-state index contributed by atoms with van der Waals surface area (Å²) in [7, 11) is 0. The fraction of sp³-hybridized carbons (Fsp3) is 0.429. The molecule has 0 aromatic carbocycles. The Morgan fingerprint density at radius 1 is 1.50 bits per heavy atom. The lowest BCUT2D eigenvalue weighted by molar-refractivity contribution is 0.0690. The first kappa shape index (κ1) is 14.3. The quantitative estimate of drug-likeness (QED) is 0.751. The Morgan fingerprint density at radius 2 is 2.25 bits per heavy atom. The Labute approximate surface area is 117 Å². The van der Waals surface area contributed by atoms with Crippen molar-refractivity contribution in [2.24, 2.45) is 0 Å². The number of aliphatic hydroxyl groups is 1. The minimum Gasteiger partial charge on any atom is -0.476 e. The number of carbonyl (C=O) groups is 1. The van der Waals surface area contributed by atoms with Crippen LogP contribution >= 0.6 is 0 Å². The molecule has 3 N–H and O–H groups in total. The zero-order valence-corrected chi connectivity index (χ0v) is 11.6. The van der Waals surface area contributed by atoms with Crippen molar-refractivity contribution >= 4 is 17.4 Å². The molecule has 0 aliphatic heterocycles. The molecule has 6 nitrogen and oxygen atoms in total. The molecule has 0 spiro atoms. The molecule has 2 aromatic rings. The molecule has 0 aliphatic carbocycles. The Kier molecular flexibility index (Phi) is 3.94. The van der Waals surface area contributed by atoms with Gasteiger partial charge in [0, 0.05) is 18.3 Å². The van der Waals surface area contributed by atoms with Crippen LogP contribution in [0, 0.1) is 0 Å². The van der Waals surface area contributed by atoms with Crippen LogP contribution in [0.1, 0.15) is 37.2 Å². The number of hydrogen-bond acceptors (Lipinski definition) is 4. The van der Waals surface area contributed by atoms with Crippen molar-refractivity contribution < 1.29 is 15.0 Å². The van der Waals surface area contributed by atoms with Crippen LogP contribution in [0.25, 0.3) is 5.65 Å². The van der Waals surface area contributed by atoms with E-state index in [4.69, 9.17) is 5.11 Å². The van der Waals surface area contributed by atoms with E-state index < -0.39 is 11.5 Å². The number of aliphatic hydroxyl groups excluding tert-OH is 1. The molecular formula is C14H19N3O3. The summed E-state index contributed by atoms with van der Waals surface area (Å²) in [6.07, 6.45) is 2.95. The van der Waals surface area contributed by atoms with Crippen LogP contribution in [0.15, 0.2) is 24.4 Å². The monoisotopic (exact) mass is 277 g/mol. The lowest BCUT2D eigenvalue weighted by Crippen LogP contribution is -2.35. The molecule has 0 bridgehead atoms. The Balaban J connectivity index is 2.48. The standard InChI is InChI=1S/C14H19N3O3/c1-3-14(2,7-9-18)16-12-11(13(19)20)17-8-5-4-6-10(17)15-12/h4-6,8,16,18H,3,7,9H2,1-2H3,(H,19,20). The molecular weight excluding hydrogens is 258 g/mol. The highest BCUT2D eigenvalue weighted by Gasteiger charge is 2.26. The van der Waals surface area contributed by atoms with Crippen LogP contribution in [0.2, 0.25) is 0 Å². The number of carboxylic acids is 1. The molecule has 2 heterocycles. The average molecular weight is 277 g/mol. The average Bonchev–Trinajstić information content (AvgIpc) is 2.76. The maximum absolute atomic E-state index is 11.5. The number of pyridine rings is 1. The van der Waals surface area contributed by atoms with Gasteiger partial charge >= 0.3 is 5.97 Å². The molecule has 0 aliphatic rings. The number of rotatable bonds is 6. The van der Waals surface area contributed by atoms with Crippen LogP contribution in [-0.4, -0.2) is 37.7 Å². The third-order valence-electron chi connectivity index (χ3n) is 3.60. The lowest BCUT2D eigenvalue weighted by Gasteiger charge is -2.29. The summed E-state index contributed by atoms with van der Waals surface area (Å²) >= 11 is 0. The highest BCUT2D eigenvalue weighted by Crippen LogP contribution is 2.25. The Bertz CT molecular complexity index is 623. The van der Waals surface area contributed by atoms with Crippen LogP contribution in [-0.2, 0) is 0 Å². The van der Waals surface area contributed by atoms with E-state index in [9.17, 15) is 9.90 Å². The SMILES string of the molecule is CCC(C)(CCO)Nc1nc2ccccn2c1C(=O)O. The van der Waals surface area contributed by atoms with Gasteiger partial charge in [0.25, 0.3) is 0 Å². The molecule has 0 saturated heterocycles. The van der Waals surface area contributed by atoms with Crippen molar-refractivity contribution in [3.8, 4) is 0 Å². The summed E-state index contributed by atoms with van der Waals surface area (Å²) in [5.41, 5.74) is 0.296. The first-order valence-corrected chi connectivity index (χ1v) is 6.60. The molecule has 0 saturated carbocycles. The first-order chi connectivity index (χ1) is 9.50. The van der Waals surface area contributed by atoms with E-state index in [1.54, 1.807) is 22.7 Å². The third kappa shape index (κ3) is 2.60. The number of anilines is 1. The number of hydrogen-bond donors (Lipinski definition) is 3. The van der Waals surface area contributed by atoms with Gasteiger partial charge in [0.15, 0.2) is 11.5 Å². The van der Waals surface area contributed by atoms with Gasteiger partial charge < -0.3 is 15.5 Å². The van der Waals surface area contributed by atoms with Crippen molar-refractivity contribution in [3.05, 3.63) is 30.1 Å². The van der Waals surface area contributed by atoms with Gasteiger partial charge in [0.1, 0.15) is 5.65 Å². The van der Waals surface area contributed by atoms with Crippen molar-refractivity contribution in [2.75, 3.05) is 11.9 Å². The number of aromatic carboxylic acids is 1. The number of aromatic nitrogens is 2. The highest BCUT2D eigenvalue weighted by molar-refractivity contribution is 5.93. The van der Waals surface area contributed by atoms with Gasteiger partial charge in [-0.1, -0.05) is 13.0 Å². The maximum Gasteiger partial charge on any atom is 0.356 e. The highest BCUT2D eigenvalue weighted by atomic mass is 16.4. The Hall–Kier alpha value is -2.08.